The highest BCUT2D eigenvalue weighted by Gasteiger charge is 2.14. The number of carboxylic acids is 1. The number of carbonyl (C=O) groups is 3. The number of carboxylic acid groups (broad SMARTS) is 1. The second kappa shape index (κ2) is 47.6. The number of carbonyl (C=O) groups excluding carboxylic acids is 2. The number of ether oxygens (including phenoxy) is 1. The average Bonchev–Trinajstić information content (AvgIpc) is 3.21. The third kappa shape index (κ3) is 46.6. The molecule has 0 aromatic heterocycles. The Bertz CT molecular complexity index is 946. The lowest BCUT2D eigenvalue weighted by atomic mass is 10.0. The quantitative estimate of drug-likeness (QED) is 0.0363. The molecule has 0 spiro atoms. The van der Waals surface area contributed by atoms with Crippen LogP contribution in [0.4, 0.5) is 0 Å². The van der Waals surface area contributed by atoms with E-state index in [1.54, 1.807) is 0 Å². The molecule has 0 saturated carbocycles. The summed E-state index contributed by atoms with van der Waals surface area (Å²) in [6.07, 6.45) is 58.9. The summed E-state index contributed by atoms with van der Waals surface area (Å²) >= 11 is 0. The summed E-state index contributed by atoms with van der Waals surface area (Å²) in [5.74, 6) is -1.23. The molecule has 58 heavy (non-hydrogen) atoms. The Labute approximate surface area is 360 Å². The van der Waals surface area contributed by atoms with E-state index in [0.29, 0.717) is 12.8 Å². The maximum Gasteiger partial charge on any atom is 0.322 e. The molecule has 0 aliphatic heterocycles. The van der Waals surface area contributed by atoms with Gasteiger partial charge < -0.3 is 15.2 Å². The van der Waals surface area contributed by atoms with Crippen molar-refractivity contribution in [3.8, 4) is 0 Å². The Morgan fingerprint density at radius 2 is 0.741 bits per heavy atom. The summed E-state index contributed by atoms with van der Waals surface area (Å²) in [5, 5.41) is 11.1. The van der Waals surface area contributed by atoms with Crippen LogP contribution < -0.4 is 5.32 Å². The number of nitrogens with one attached hydrogen (secondary N) is 1. The van der Waals surface area contributed by atoms with Crippen molar-refractivity contribution in [2.75, 3.05) is 6.54 Å². The van der Waals surface area contributed by atoms with Crippen LogP contribution in [0.3, 0.4) is 0 Å². The number of esters is 1. The zero-order valence-corrected chi connectivity index (χ0v) is 38.7. The average molecular weight is 816 g/mol. The highest BCUT2D eigenvalue weighted by atomic mass is 16.5. The lowest BCUT2D eigenvalue weighted by Crippen LogP contribution is -2.28. The van der Waals surface area contributed by atoms with E-state index < -0.39 is 5.97 Å². The Kier molecular flexibility index (Phi) is 45.8. The summed E-state index contributed by atoms with van der Waals surface area (Å²) in [4.78, 5) is 35.2. The summed E-state index contributed by atoms with van der Waals surface area (Å²) in [5.41, 5.74) is 0. The van der Waals surface area contributed by atoms with Crippen LogP contribution in [0, 0.1) is 0 Å². The molecule has 0 aromatic carbocycles. The van der Waals surface area contributed by atoms with E-state index in [1.165, 1.54) is 180 Å². The molecule has 1 unspecified atom stereocenters. The highest BCUT2D eigenvalue weighted by Crippen LogP contribution is 2.19. The van der Waals surface area contributed by atoms with Crippen LogP contribution in [-0.4, -0.2) is 35.6 Å². The van der Waals surface area contributed by atoms with E-state index in [0.717, 1.165) is 70.6 Å². The fourth-order valence-corrected chi connectivity index (χ4v) is 7.80. The van der Waals surface area contributed by atoms with Crippen LogP contribution in [0.1, 0.15) is 277 Å². The monoisotopic (exact) mass is 816 g/mol. The first-order valence-corrected chi connectivity index (χ1v) is 25.5. The molecule has 340 valence electrons. The summed E-state index contributed by atoms with van der Waals surface area (Å²) in [6, 6.07) is 0. The molecule has 0 aliphatic carbocycles. The third-order valence-corrected chi connectivity index (χ3v) is 11.6. The number of unbranched alkanes of at least 4 members (excludes halogenated alkanes) is 32. The highest BCUT2D eigenvalue weighted by molar-refractivity contribution is 5.80. The minimum absolute atomic E-state index is 0.0113. The zero-order chi connectivity index (χ0) is 42.3. The zero-order valence-electron chi connectivity index (χ0n) is 38.7. The van der Waals surface area contributed by atoms with Crippen molar-refractivity contribution in [2.24, 2.45) is 0 Å². The minimum Gasteiger partial charge on any atom is -0.480 e. The smallest absolute Gasteiger partial charge is 0.322 e. The van der Waals surface area contributed by atoms with Gasteiger partial charge in [-0.3, -0.25) is 14.4 Å². The van der Waals surface area contributed by atoms with E-state index >= 15 is 0 Å². The van der Waals surface area contributed by atoms with Crippen molar-refractivity contribution in [3.05, 3.63) is 24.3 Å². The maximum absolute atomic E-state index is 12.8. The van der Waals surface area contributed by atoms with E-state index in [9.17, 15) is 14.4 Å². The Hall–Kier alpha value is -2.11. The van der Waals surface area contributed by atoms with Crippen LogP contribution in [0.5, 0.6) is 0 Å². The first kappa shape index (κ1) is 55.9. The molecule has 0 aromatic rings. The lowest BCUT2D eigenvalue weighted by molar-refractivity contribution is -0.150. The molecule has 0 radical (unpaired) electrons. The number of hydrogen-bond donors (Lipinski definition) is 2. The Morgan fingerprint density at radius 1 is 0.431 bits per heavy atom. The molecule has 0 heterocycles. The molecule has 2 N–H and O–H groups in total. The van der Waals surface area contributed by atoms with Crippen molar-refractivity contribution < 1.29 is 24.2 Å². The van der Waals surface area contributed by atoms with Gasteiger partial charge in [0, 0.05) is 12.8 Å². The maximum atomic E-state index is 12.8. The van der Waals surface area contributed by atoms with Gasteiger partial charge in [0.05, 0.1) is 0 Å². The number of aliphatic carboxylic acids is 1. The van der Waals surface area contributed by atoms with Crippen molar-refractivity contribution in [3.63, 3.8) is 0 Å². The first-order chi connectivity index (χ1) is 28.5. The van der Waals surface area contributed by atoms with Crippen molar-refractivity contribution in [2.45, 2.75) is 283 Å². The van der Waals surface area contributed by atoms with Crippen LogP contribution in [-0.2, 0) is 19.1 Å². The molecule has 0 fully saturated rings. The van der Waals surface area contributed by atoms with Gasteiger partial charge in [0.15, 0.2) is 0 Å². The predicted octanol–water partition coefficient (Wildman–Crippen LogP) is 16.2. The second-order valence-corrected chi connectivity index (χ2v) is 17.4. The minimum atomic E-state index is -1.01. The summed E-state index contributed by atoms with van der Waals surface area (Å²) in [7, 11) is 0. The van der Waals surface area contributed by atoms with Crippen LogP contribution >= 0.6 is 0 Å². The largest absolute Gasteiger partial charge is 0.480 e. The van der Waals surface area contributed by atoms with Crippen LogP contribution in [0.25, 0.3) is 0 Å². The van der Waals surface area contributed by atoms with Gasteiger partial charge in [-0.1, -0.05) is 199 Å². The van der Waals surface area contributed by atoms with Crippen LogP contribution in [0.2, 0.25) is 0 Å². The number of hydrogen-bond acceptors (Lipinski definition) is 4. The van der Waals surface area contributed by atoms with Crippen molar-refractivity contribution >= 4 is 17.8 Å². The normalized spacial score (nSPS) is 12.2. The molecule has 0 rings (SSSR count). The SMILES string of the molecule is CCCCCCCCCC/C=C\CCCCCCCCCCCC(=O)OC(CCCCC/C=C\CCCCCCCCCC)CCCCCCCC(=O)NCC(=O)O. The van der Waals surface area contributed by atoms with Gasteiger partial charge in [-0.15, -0.1) is 0 Å². The van der Waals surface area contributed by atoms with Gasteiger partial charge in [-0.05, 0) is 89.9 Å². The molecule has 6 nitrogen and oxygen atoms in total. The summed E-state index contributed by atoms with van der Waals surface area (Å²) < 4.78 is 6.06. The topological polar surface area (TPSA) is 92.7 Å². The molecular weight excluding hydrogens is 719 g/mol. The lowest BCUT2D eigenvalue weighted by Gasteiger charge is -2.18. The molecule has 1 amide bonds. The number of rotatable bonds is 47. The fraction of sp³-hybridized carbons (Fsp3) is 0.865. The summed E-state index contributed by atoms with van der Waals surface area (Å²) in [6.45, 7) is 4.25. The van der Waals surface area contributed by atoms with Gasteiger partial charge >= 0.3 is 11.9 Å². The van der Waals surface area contributed by atoms with Crippen LogP contribution in [0.15, 0.2) is 24.3 Å². The molecule has 6 heteroatoms. The molecule has 1 atom stereocenters. The molecule has 0 bridgehead atoms. The van der Waals surface area contributed by atoms with Gasteiger partial charge in [-0.25, -0.2) is 0 Å². The number of allylic oxidation sites excluding steroid dienone is 4. The Morgan fingerprint density at radius 3 is 1.12 bits per heavy atom. The van der Waals surface area contributed by atoms with Gasteiger partial charge in [0.2, 0.25) is 5.91 Å². The van der Waals surface area contributed by atoms with E-state index in [1.807, 2.05) is 0 Å². The van der Waals surface area contributed by atoms with Gasteiger partial charge in [-0.2, -0.15) is 0 Å². The van der Waals surface area contributed by atoms with E-state index in [2.05, 4.69) is 43.5 Å². The fourth-order valence-electron chi connectivity index (χ4n) is 7.80. The molecular formula is C52H97NO5. The van der Waals surface area contributed by atoms with E-state index in [4.69, 9.17) is 9.84 Å². The van der Waals surface area contributed by atoms with Crippen molar-refractivity contribution in [1.82, 2.24) is 5.32 Å². The van der Waals surface area contributed by atoms with Crippen molar-refractivity contribution in [1.29, 1.82) is 0 Å². The third-order valence-electron chi connectivity index (χ3n) is 11.6. The Balaban J connectivity index is 4.10. The van der Waals surface area contributed by atoms with Gasteiger partial charge in [0.25, 0.3) is 0 Å². The molecule has 0 saturated heterocycles. The second-order valence-electron chi connectivity index (χ2n) is 17.4. The standard InChI is InChI=1S/C52H97NO5/c1-3-5-7-9-11-13-15-17-19-20-21-22-23-24-26-28-30-32-34-39-43-47-52(57)58-49(45-41-37-35-38-42-46-50(54)53-48-51(55)56)44-40-36-33-31-29-27-25-18-16-14-12-10-8-6-4-2/h20-21,27,29,49H,3-19,22-26,28,30-48H2,1-2H3,(H,53,54)(H,55,56)/b21-20-,29-27-. The van der Waals surface area contributed by atoms with Gasteiger partial charge in [0.1, 0.15) is 12.6 Å². The van der Waals surface area contributed by atoms with E-state index in [-0.39, 0.29) is 24.5 Å². The molecule has 0 aliphatic rings. The predicted molar refractivity (Wildman–Crippen MR) is 249 cm³/mol. The first-order valence-electron chi connectivity index (χ1n) is 25.5. The number of amides is 1.